The molecule has 1 heterocycles. The fraction of sp³-hybridized carbons (Fsp3) is 0.286. The van der Waals surface area contributed by atoms with Crippen molar-refractivity contribution in [1.82, 2.24) is 3.97 Å². The molecular weight excluding hydrogens is 350 g/mol. The second kappa shape index (κ2) is 7.18. The van der Waals surface area contributed by atoms with Crippen molar-refractivity contribution >= 4 is 40.8 Å². The van der Waals surface area contributed by atoms with E-state index < -0.39 is 17.6 Å². The number of aryl methyl sites for hydroxylation is 1. The average molecular weight is 359 g/mol. The predicted molar refractivity (Wildman–Crippen MR) is 65.7 cm³/mol. The molecule has 1 aromatic heterocycles. The molecule has 0 spiro atoms. The van der Waals surface area contributed by atoms with E-state index >= 15 is 0 Å². The Balaban J connectivity index is 0.000000621. The highest BCUT2D eigenvalue weighted by molar-refractivity contribution is 7.85. The molecule has 5 nitrogen and oxygen atoms in total. The highest BCUT2D eigenvalue weighted by Crippen LogP contribution is 2.10. The summed E-state index contributed by atoms with van der Waals surface area (Å²) in [6.07, 6.45) is 3.70. The maximum atomic E-state index is 11.5. The zero-order valence-electron chi connectivity index (χ0n) is 10.1. The second-order valence-electron chi connectivity index (χ2n) is 3.21. The van der Waals surface area contributed by atoms with Gasteiger partial charge in [0.2, 0.25) is 0 Å². The van der Waals surface area contributed by atoms with Crippen LogP contribution >= 0.6 is 23.2 Å². The van der Waals surface area contributed by atoms with E-state index in [0.717, 1.165) is 10.2 Å². The minimum atomic E-state index is -6.00. The van der Waals surface area contributed by atoms with Gasteiger partial charge < -0.3 is 21.4 Å². The van der Waals surface area contributed by atoms with Crippen LogP contribution in [0.3, 0.4) is 0 Å². The van der Waals surface area contributed by atoms with E-state index in [4.69, 9.17) is 23.2 Å². The number of hydrogen-bond donors (Lipinski definition) is 0. The maximum Gasteiger partial charge on any atom is 0.673 e. The first kappa shape index (κ1) is 19.1. The van der Waals surface area contributed by atoms with E-state index in [0.29, 0.717) is 5.82 Å². The number of aromatic nitrogens is 2. The van der Waals surface area contributed by atoms with Crippen molar-refractivity contribution in [2.75, 3.05) is 0 Å². The first-order valence-corrected chi connectivity index (χ1v) is 6.82. The molecule has 0 amide bonds. The predicted octanol–water partition coefficient (Wildman–Crippen LogP) is 2.31. The molecule has 0 saturated carbocycles. The summed E-state index contributed by atoms with van der Waals surface area (Å²) in [5.41, 5.74) is 0. The quantitative estimate of drug-likeness (QED) is 0.360. The van der Waals surface area contributed by atoms with Gasteiger partial charge in [-0.3, -0.25) is 0 Å². The molecule has 0 atom stereocenters. The lowest BCUT2D eigenvalue weighted by Crippen LogP contribution is -2.31. The molecule has 0 aliphatic carbocycles. The lowest BCUT2D eigenvalue weighted by molar-refractivity contribution is -0.676. The highest BCUT2D eigenvalue weighted by Gasteiger charge is 2.24. The summed E-state index contributed by atoms with van der Waals surface area (Å²) in [6, 6.07) is 0. The van der Waals surface area contributed by atoms with Gasteiger partial charge in [0.15, 0.2) is 6.20 Å². The molecule has 0 radical (unpaired) electrons. The third-order valence-electron chi connectivity index (χ3n) is 1.75. The molecule has 0 unspecified atom stereocenters. The average Bonchev–Trinajstić information content (AvgIpc) is 2.55. The van der Waals surface area contributed by atoms with Gasteiger partial charge in [-0.15, -0.1) is 8.42 Å². The van der Waals surface area contributed by atoms with Crippen LogP contribution in [0.25, 0.3) is 0 Å². The molecule has 0 N–H and O–H groups in total. The third kappa shape index (κ3) is 7.60. The van der Waals surface area contributed by atoms with Gasteiger partial charge in [-0.1, -0.05) is 27.2 Å². The van der Waals surface area contributed by atoms with Crippen LogP contribution in [0.1, 0.15) is 5.82 Å². The van der Waals surface area contributed by atoms with Crippen LogP contribution in [0.4, 0.5) is 17.3 Å². The van der Waals surface area contributed by atoms with Crippen LogP contribution in [-0.4, -0.2) is 19.6 Å². The van der Waals surface area contributed by atoms with Gasteiger partial charge in [-0.25, -0.2) is 4.57 Å². The minimum Gasteiger partial charge on any atom is -0.418 e. The Labute approximate surface area is 122 Å². The van der Waals surface area contributed by atoms with Gasteiger partial charge in [-0.2, -0.15) is 0 Å². The Bertz CT molecular complexity index is 577. The maximum absolute atomic E-state index is 11.5. The summed E-state index contributed by atoms with van der Waals surface area (Å²) in [5.74, 6) is 0.495. The molecule has 13 heteroatoms. The summed E-state index contributed by atoms with van der Waals surface area (Å²) in [6.45, 7) is 1.63. The van der Waals surface area contributed by atoms with Crippen molar-refractivity contribution in [2.45, 2.75) is 6.92 Å². The first-order chi connectivity index (χ1) is 8.84. The van der Waals surface area contributed by atoms with Gasteiger partial charge in [0, 0.05) is 6.92 Å². The molecule has 0 aliphatic heterocycles. The first-order valence-electron chi connectivity index (χ1n) is 4.70. The van der Waals surface area contributed by atoms with Crippen LogP contribution in [0.15, 0.2) is 23.1 Å². The number of halogens is 6. The molecule has 0 aliphatic rings. The lowest BCUT2D eigenvalue weighted by Gasteiger charge is -1.98. The van der Waals surface area contributed by atoms with Gasteiger partial charge in [0.05, 0.1) is 7.05 Å². The lowest BCUT2D eigenvalue weighted by atomic mass is 10.3. The summed E-state index contributed by atoms with van der Waals surface area (Å²) >= 11 is 10.5. The van der Waals surface area contributed by atoms with Crippen LogP contribution in [-0.2, 0) is 21.5 Å². The van der Waals surface area contributed by atoms with Crippen molar-refractivity contribution < 1.29 is 34.4 Å². The van der Waals surface area contributed by atoms with E-state index in [1.165, 1.54) is 6.20 Å². The number of nitrogens with zero attached hydrogens (tertiary/aromatic N) is 2. The standard InChI is InChI=1S/C7H9Cl2N2O3S.BF4/c1-6-10(2)3-4-11(6)15(12,13)14-5-7(8)9;2-1(3,4)5/h3-5H,1-2H3;/q+1;-1. The number of imidazole rings is 1. The van der Waals surface area contributed by atoms with E-state index in [1.807, 2.05) is 0 Å². The van der Waals surface area contributed by atoms with Gasteiger partial charge >= 0.3 is 17.6 Å². The van der Waals surface area contributed by atoms with Crippen LogP contribution in [0, 0.1) is 6.92 Å². The summed E-state index contributed by atoms with van der Waals surface area (Å²) < 4.78 is 68.9. The summed E-state index contributed by atoms with van der Waals surface area (Å²) in [5, 5.41) is 0. The third-order valence-corrected chi connectivity index (χ3v) is 3.14. The second-order valence-corrected chi connectivity index (χ2v) is 5.66. The van der Waals surface area contributed by atoms with Gasteiger partial charge in [0.1, 0.15) is 17.0 Å². The van der Waals surface area contributed by atoms with Crippen molar-refractivity contribution in [1.29, 1.82) is 0 Å². The molecule has 1 aromatic rings. The van der Waals surface area contributed by atoms with Crippen molar-refractivity contribution in [2.24, 2.45) is 7.05 Å². The Kier molecular flexibility index (Phi) is 6.85. The largest absolute Gasteiger partial charge is 0.673 e. The topological polar surface area (TPSA) is 52.2 Å². The fourth-order valence-electron chi connectivity index (χ4n) is 0.912. The van der Waals surface area contributed by atoms with E-state index in [-0.39, 0.29) is 4.49 Å². The Hall–Kier alpha value is -0.935. The number of hydrogen-bond acceptors (Lipinski definition) is 3. The molecule has 1 rings (SSSR count). The molecule has 0 saturated heterocycles. The normalized spacial score (nSPS) is 11.4. The zero-order valence-corrected chi connectivity index (χ0v) is 12.4. The van der Waals surface area contributed by atoms with Crippen molar-refractivity contribution in [3.05, 3.63) is 29.0 Å². The fourth-order valence-corrected chi connectivity index (χ4v) is 2.07. The smallest absolute Gasteiger partial charge is 0.418 e. The van der Waals surface area contributed by atoms with Crippen molar-refractivity contribution in [3.8, 4) is 0 Å². The van der Waals surface area contributed by atoms with Crippen molar-refractivity contribution in [3.63, 3.8) is 0 Å². The highest BCUT2D eigenvalue weighted by atomic mass is 35.5. The zero-order chi connectivity index (χ0) is 16.1. The molecule has 20 heavy (non-hydrogen) atoms. The Morgan fingerprint density at radius 1 is 1.40 bits per heavy atom. The SMILES string of the molecule is Cc1n(S(=O)(=O)OC=C(Cl)Cl)cc[n+]1C.F[B-](F)(F)F. The van der Waals surface area contributed by atoms with Crippen LogP contribution in [0.5, 0.6) is 0 Å². The molecule has 0 aromatic carbocycles. The molecule has 0 bridgehead atoms. The minimum absolute atomic E-state index is 0.271. The van der Waals surface area contributed by atoms with E-state index in [2.05, 4.69) is 4.18 Å². The Morgan fingerprint density at radius 2 is 1.85 bits per heavy atom. The number of rotatable bonds is 3. The molecule has 116 valence electrons. The summed E-state index contributed by atoms with van der Waals surface area (Å²) in [7, 11) is -8.20. The van der Waals surface area contributed by atoms with E-state index in [1.54, 1.807) is 24.7 Å². The molecule has 0 fully saturated rings. The monoisotopic (exact) mass is 358 g/mol. The van der Waals surface area contributed by atoms with E-state index in [9.17, 15) is 25.7 Å². The summed E-state index contributed by atoms with van der Waals surface area (Å²) in [4.78, 5) is 0. The van der Waals surface area contributed by atoms with Gasteiger partial charge in [0.25, 0.3) is 5.82 Å². The van der Waals surface area contributed by atoms with Crippen LogP contribution in [0.2, 0.25) is 0 Å². The van der Waals surface area contributed by atoms with Crippen LogP contribution < -0.4 is 4.57 Å². The molecular formula is C7H9BCl2F4N2O3S. The Morgan fingerprint density at radius 3 is 2.15 bits per heavy atom. The van der Waals surface area contributed by atoms with Gasteiger partial charge in [-0.05, 0) is 0 Å².